The highest BCUT2D eigenvalue weighted by Crippen LogP contribution is 2.35. The van der Waals surface area contributed by atoms with Gasteiger partial charge in [-0.1, -0.05) is 72.4 Å². The molecule has 0 spiro atoms. The second kappa shape index (κ2) is 16.0. The van der Waals surface area contributed by atoms with Crippen molar-refractivity contribution in [3.05, 3.63) is 132 Å². The van der Waals surface area contributed by atoms with Crippen LogP contribution in [0.2, 0.25) is 0 Å². The molecule has 2 heterocycles. The number of nitrogens with one attached hydrogen (secondary N) is 1. The van der Waals surface area contributed by atoms with Crippen LogP contribution >= 0.6 is 11.8 Å². The molecule has 49 heavy (non-hydrogen) atoms. The molecule has 0 fully saturated rings. The fourth-order valence-corrected chi connectivity index (χ4v) is 6.16. The monoisotopic (exact) mass is 676 g/mol. The molecule has 2 amide bonds. The van der Waals surface area contributed by atoms with Crippen molar-refractivity contribution in [2.45, 2.75) is 30.7 Å². The van der Waals surface area contributed by atoms with Crippen LogP contribution in [-0.4, -0.2) is 63.9 Å². The standard InChI is InChI=1S/C37H36N6O5S/c1-46-29-17-13-27(14-18-29)32-21-33(28-15-19-30(47-2)20-16-28)43(41-32)36(45)25-49-37-40-39-34(42(37)23-26-9-5-3-6-10-26)22-38-35(44)24-48-31-11-7-4-8-12-31/h3-20,33H,21-25H2,1-2H3,(H,38,44)/t33-/m1/s1. The third kappa shape index (κ3) is 8.46. The van der Waals surface area contributed by atoms with Crippen molar-refractivity contribution in [1.82, 2.24) is 25.1 Å². The Balaban J connectivity index is 1.18. The van der Waals surface area contributed by atoms with Crippen LogP contribution < -0.4 is 19.5 Å². The highest BCUT2D eigenvalue weighted by atomic mass is 32.2. The molecule has 0 radical (unpaired) electrons. The normalized spacial score (nSPS) is 13.9. The fraction of sp³-hybridized carbons (Fsp3) is 0.216. The molecule has 4 aromatic carbocycles. The van der Waals surface area contributed by atoms with Crippen molar-refractivity contribution in [2.24, 2.45) is 5.10 Å². The minimum Gasteiger partial charge on any atom is -0.497 e. The number of hydrazone groups is 1. The number of hydrogen-bond acceptors (Lipinski definition) is 9. The maximum Gasteiger partial charge on any atom is 0.258 e. The number of carbonyl (C=O) groups is 2. The van der Waals surface area contributed by atoms with Crippen molar-refractivity contribution in [3.8, 4) is 17.2 Å². The maximum atomic E-state index is 13.9. The van der Waals surface area contributed by atoms with Gasteiger partial charge in [-0.2, -0.15) is 5.10 Å². The SMILES string of the molecule is COc1ccc(C2=NN(C(=O)CSc3nnc(CNC(=O)COc4ccccc4)n3Cc3ccccc3)[C@@H](c3ccc(OC)cc3)C2)cc1. The first kappa shape index (κ1) is 33.3. The Morgan fingerprint density at radius 1 is 0.816 bits per heavy atom. The summed E-state index contributed by atoms with van der Waals surface area (Å²) in [6, 6.07) is 34.1. The number of carbonyl (C=O) groups excluding carboxylic acids is 2. The number of para-hydroxylation sites is 1. The summed E-state index contributed by atoms with van der Waals surface area (Å²) >= 11 is 1.28. The Hall–Kier alpha value is -5.62. The number of nitrogens with zero attached hydrogens (tertiary/aromatic N) is 5. The lowest BCUT2D eigenvalue weighted by molar-refractivity contribution is -0.130. The van der Waals surface area contributed by atoms with E-state index in [-0.39, 0.29) is 36.8 Å². The Kier molecular flexibility index (Phi) is 10.9. The number of rotatable bonds is 14. The Morgan fingerprint density at radius 2 is 1.47 bits per heavy atom. The van der Waals surface area contributed by atoms with Crippen LogP contribution in [0.3, 0.4) is 0 Å². The second-order valence-corrected chi connectivity index (χ2v) is 12.1. The van der Waals surface area contributed by atoms with Crippen LogP contribution in [0.4, 0.5) is 0 Å². The first-order chi connectivity index (χ1) is 24.0. The van der Waals surface area contributed by atoms with Crippen molar-refractivity contribution in [2.75, 3.05) is 26.6 Å². The van der Waals surface area contributed by atoms with Gasteiger partial charge in [-0.3, -0.25) is 9.59 Å². The van der Waals surface area contributed by atoms with E-state index in [4.69, 9.17) is 19.3 Å². The predicted molar refractivity (Wildman–Crippen MR) is 187 cm³/mol. The zero-order valence-electron chi connectivity index (χ0n) is 27.2. The van der Waals surface area contributed by atoms with Gasteiger partial charge in [0.05, 0.1) is 44.8 Å². The van der Waals surface area contributed by atoms with Crippen LogP contribution in [0.15, 0.2) is 119 Å². The van der Waals surface area contributed by atoms with E-state index in [0.717, 1.165) is 33.9 Å². The molecule has 250 valence electrons. The zero-order chi connectivity index (χ0) is 34.0. The number of aromatic nitrogens is 3. The van der Waals surface area contributed by atoms with Gasteiger partial charge >= 0.3 is 0 Å². The molecule has 6 rings (SSSR count). The highest BCUT2D eigenvalue weighted by molar-refractivity contribution is 7.99. The average molecular weight is 677 g/mol. The van der Waals surface area contributed by atoms with E-state index in [2.05, 4.69) is 15.5 Å². The van der Waals surface area contributed by atoms with Gasteiger partial charge in [0.1, 0.15) is 17.2 Å². The van der Waals surface area contributed by atoms with Gasteiger partial charge in [0.2, 0.25) is 0 Å². The van der Waals surface area contributed by atoms with Gasteiger partial charge in [-0.05, 0) is 65.2 Å². The van der Waals surface area contributed by atoms with E-state index in [1.807, 2.05) is 102 Å². The van der Waals surface area contributed by atoms with Crippen LogP contribution in [0.1, 0.15) is 35.0 Å². The number of methoxy groups -OCH3 is 2. The summed E-state index contributed by atoms with van der Waals surface area (Å²) in [7, 11) is 3.25. The molecule has 1 N–H and O–H groups in total. The molecule has 0 saturated heterocycles. The largest absolute Gasteiger partial charge is 0.497 e. The van der Waals surface area contributed by atoms with Gasteiger partial charge in [0.25, 0.3) is 11.8 Å². The Labute approximate surface area is 288 Å². The summed E-state index contributed by atoms with van der Waals surface area (Å²) in [4.78, 5) is 26.5. The number of ether oxygens (including phenoxy) is 3. The van der Waals surface area contributed by atoms with Crippen LogP contribution in [-0.2, 0) is 22.7 Å². The molecule has 0 bridgehead atoms. The predicted octanol–water partition coefficient (Wildman–Crippen LogP) is 5.51. The summed E-state index contributed by atoms with van der Waals surface area (Å²) in [5.74, 6) is 2.28. The molecule has 0 saturated carbocycles. The lowest BCUT2D eigenvalue weighted by Crippen LogP contribution is -2.30. The maximum absolute atomic E-state index is 13.9. The quantitative estimate of drug-likeness (QED) is 0.153. The van der Waals surface area contributed by atoms with Gasteiger partial charge < -0.3 is 24.1 Å². The lowest BCUT2D eigenvalue weighted by atomic mass is 9.98. The Morgan fingerprint density at radius 3 is 2.14 bits per heavy atom. The van der Waals surface area contributed by atoms with E-state index >= 15 is 0 Å². The molecule has 11 nitrogen and oxygen atoms in total. The van der Waals surface area contributed by atoms with E-state index in [1.165, 1.54) is 11.8 Å². The summed E-state index contributed by atoms with van der Waals surface area (Å²) < 4.78 is 18.2. The first-order valence-corrected chi connectivity index (χ1v) is 16.7. The van der Waals surface area contributed by atoms with Gasteiger partial charge in [0.15, 0.2) is 17.6 Å². The average Bonchev–Trinajstić information content (AvgIpc) is 3.77. The summed E-state index contributed by atoms with van der Waals surface area (Å²) in [6.07, 6.45) is 0.553. The Bertz CT molecular complexity index is 1880. The first-order valence-electron chi connectivity index (χ1n) is 15.7. The summed E-state index contributed by atoms with van der Waals surface area (Å²) in [5.41, 5.74) is 3.71. The van der Waals surface area contributed by atoms with E-state index in [9.17, 15) is 9.59 Å². The lowest BCUT2D eigenvalue weighted by Gasteiger charge is -2.22. The van der Waals surface area contributed by atoms with E-state index in [0.29, 0.717) is 29.7 Å². The third-order valence-electron chi connectivity index (χ3n) is 7.95. The minimum absolute atomic E-state index is 0.0796. The summed E-state index contributed by atoms with van der Waals surface area (Å²) in [5, 5.41) is 18.6. The third-order valence-corrected chi connectivity index (χ3v) is 8.90. The summed E-state index contributed by atoms with van der Waals surface area (Å²) in [6.45, 7) is 0.484. The van der Waals surface area contributed by atoms with Crippen LogP contribution in [0.5, 0.6) is 17.2 Å². The van der Waals surface area contributed by atoms with Gasteiger partial charge in [-0.15, -0.1) is 10.2 Å². The van der Waals surface area contributed by atoms with E-state index in [1.54, 1.807) is 31.4 Å². The molecule has 12 heteroatoms. The molecular weight excluding hydrogens is 641 g/mol. The number of amides is 2. The molecule has 1 aliphatic heterocycles. The van der Waals surface area contributed by atoms with Crippen molar-refractivity contribution in [3.63, 3.8) is 0 Å². The molecule has 5 aromatic rings. The zero-order valence-corrected chi connectivity index (χ0v) is 28.0. The van der Waals surface area contributed by atoms with Crippen LogP contribution in [0.25, 0.3) is 0 Å². The molecule has 0 unspecified atom stereocenters. The number of benzene rings is 4. The minimum atomic E-state index is -0.290. The second-order valence-electron chi connectivity index (χ2n) is 11.1. The topological polar surface area (TPSA) is 120 Å². The fourth-order valence-electron chi connectivity index (χ4n) is 5.35. The molecule has 1 atom stereocenters. The molecule has 1 aromatic heterocycles. The van der Waals surface area contributed by atoms with Crippen molar-refractivity contribution >= 4 is 29.3 Å². The number of thioether (sulfide) groups is 1. The molecule has 0 aliphatic carbocycles. The molecular formula is C37H36N6O5S. The van der Waals surface area contributed by atoms with Crippen molar-refractivity contribution in [1.29, 1.82) is 0 Å². The van der Waals surface area contributed by atoms with E-state index < -0.39 is 0 Å². The molecule has 1 aliphatic rings. The van der Waals surface area contributed by atoms with Crippen LogP contribution in [0, 0.1) is 0 Å². The highest BCUT2D eigenvalue weighted by Gasteiger charge is 2.33. The van der Waals surface area contributed by atoms with Gasteiger partial charge in [-0.25, -0.2) is 5.01 Å². The smallest absolute Gasteiger partial charge is 0.258 e. The van der Waals surface area contributed by atoms with Crippen molar-refractivity contribution < 1.29 is 23.8 Å². The number of hydrogen-bond donors (Lipinski definition) is 1. The van der Waals surface area contributed by atoms with Gasteiger partial charge in [0, 0.05) is 6.42 Å².